The van der Waals surface area contributed by atoms with Gasteiger partial charge in [0.15, 0.2) is 0 Å². The molecule has 7 nitrogen and oxygen atoms in total. The van der Waals surface area contributed by atoms with E-state index in [0.717, 1.165) is 18.2 Å². The Morgan fingerprint density at radius 1 is 1.44 bits per heavy atom. The van der Waals surface area contributed by atoms with Crippen molar-refractivity contribution in [2.75, 3.05) is 5.75 Å². The van der Waals surface area contributed by atoms with Gasteiger partial charge in [-0.1, -0.05) is 0 Å². The number of nitrogens with zero attached hydrogens (tertiary/aromatic N) is 1. The third-order valence-electron chi connectivity index (χ3n) is 2.34. The van der Waals surface area contributed by atoms with E-state index >= 15 is 0 Å². The smallest absolute Gasteiger partial charge is 0.335 e. The van der Waals surface area contributed by atoms with Crippen molar-refractivity contribution in [3.63, 3.8) is 0 Å². The Bertz CT molecular complexity index is 477. The van der Waals surface area contributed by atoms with Crippen LogP contribution in [-0.4, -0.2) is 38.1 Å². The van der Waals surface area contributed by atoms with Crippen LogP contribution in [0.3, 0.4) is 0 Å². The average Bonchev–Trinajstić information content (AvgIpc) is 2.35. The number of aliphatic hydroxyl groups is 2. The van der Waals surface area contributed by atoms with Crippen molar-refractivity contribution >= 4 is 24.3 Å². The summed E-state index contributed by atoms with van der Waals surface area (Å²) < 4.78 is 0. The standard InChI is InChI=1S/C10H11NO6S/c12-8(4-18)9(13)6-2-1-5(10(14)15)3-7(6)11(16)17/h1-3,8-9,12-13,18H,4H2,(H,14,15). The number of carboxylic acids is 1. The van der Waals surface area contributed by atoms with Crippen molar-refractivity contribution < 1.29 is 25.0 Å². The molecule has 98 valence electrons. The number of nitro groups is 1. The Labute approximate surface area is 107 Å². The number of rotatable bonds is 5. The molecule has 1 aromatic rings. The summed E-state index contributed by atoms with van der Waals surface area (Å²) in [6.45, 7) is 0. The molecule has 0 aliphatic rings. The molecular weight excluding hydrogens is 262 g/mol. The van der Waals surface area contributed by atoms with Gasteiger partial charge in [-0.3, -0.25) is 10.1 Å². The maximum atomic E-state index is 10.8. The largest absolute Gasteiger partial charge is 0.478 e. The molecule has 18 heavy (non-hydrogen) atoms. The molecule has 0 aliphatic carbocycles. The normalized spacial score (nSPS) is 13.9. The fourth-order valence-corrected chi connectivity index (χ4v) is 1.59. The minimum absolute atomic E-state index is 0.0843. The van der Waals surface area contributed by atoms with Gasteiger partial charge < -0.3 is 15.3 Å². The molecular formula is C10H11NO6S. The van der Waals surface area contributed by atoms with E-state index in [-0.39, 0.29) is 16.9 Å². The van der Waals surface area contributed by atoms with E-state index in [1.807, 2.05) is 0 Å². The SMILES string of the molecule is O=C(O)c1ccc(C(O)C(O)CS)c([N+](=O)[O-])c1. The minimum Gasteiger partial charge on any atom is -0.478 e. The summed E-state index contributed by atoms with van der Waals surface area (Å²) in [7, 11) is 0. The number of thiol groups is 1. The molecule has 0 bridgehead atoms. The highest BCUT2D eigenvalue weighted by Gasteiger charge is 2.26. The zero-order valence-corrected chi connectivity index (χ0v) is 9.95. The maximum absolute atomic E-state index is 10.8. The zero-order valence-electron chi connectivity index (χ0n) is 9.05. The van der Waals surface area contributed by atoms with Crippen LogP contribution >= 0.6 is 12.6 Å². The molecule has 0 radical (unpaired) electrons. The molecule has 0 heterocycles. The van der Waals surface area contributed by atoms with Crippen LogP contribution in [0.2, 0.25) is 0 Å². The lowest BCUT2D eigenvalue weighted by Crippen LogP contribution is -2.21. The first kappa shape index (κ1) is 14.4. The molecule has 1 aromatic carbocycles. The lowest BCUT2D eigenvalue weighted by molar-refractivity contribution is -0.386. The minimum atomic E-state index is -1.49. The molecule has 0 saturated heterocycles. The van der Waals surface area contributed by atoms with Gasteiger partial charge >= 0.3 is 5.97 Å². The monoisotopic (exact) mass is 273 g/mol. The summed E-state index contributed by atoms with van der Waals surface area (Å²) in [5, 5.41) is 38.6. The van der Waals surface area contributed by atoms with Gasteiger partial charge in [0.05, 0.1) is 22.2 Å². The van der Waals surface area contributed by atoms with Crippen LogP contribution < -0.4 is 0 Å². The highest BCUT2D eigenvalue weighted by molar-refractivity contribution is 7.80. The fourth-order valence-electron chi connectivity index (χ4n) is 1.39. The molecule has 0 saturated carbocycles. The van der Waals surface area contributed by atoms with Crippen LogP contribution in [0.25, 0.3) is 0 Å². The highest BCUT2D eigenvalue weighted by atomic mass is 32.1. The number of benzene rings is 1. The highest BCUT2D eigenvalue weighted by Crippen LogP contribution is 2.28. The number of aromatic carboxylic acids is 1. The second-order valence-corrected chi connectivity index (χ2v) is 3.90. The van der Waals surface area contributed by atoms with Crippen molar-refractivity contribution in [1.82, 2.24) is 0 Å². The summed E-state index contributed by atoms with van der Waals surface area (Å²) >= 11 is 3.77. The number of nitro benzene ring substituents is 1. The lowest BCUT2D eigenvalue weighted by atomic mass is 10.0. The van der Waals surface area contributed by atoms with E-state index in [0.29, 0.717) is 0 Å². The Morgan fingerprint density at radius 2 is 2.06 bits per heavy atom. The summed E-state index contributed by atoms with van der Waals surface area (Å²) in [6.07, 6.45) is -2.77. The molecule has 0 fully saturated rings. The maximum Gasteiger partial charge on any atom is 0.335 e. The van der Waals surface area contributed by atoms with Crippen LogP contribution in [0.4, 0.5) is 5.69 Å². The van der Waals surface area contributed by atoms with Gasteiger partial charge in [-0.15, -0.1) is 0 Å². The molecule has 0 aromatic heterocycles. The van der Waals surface area contributed by atoms with Gasteiger partial charge in [-0.05, 0) is 12.1 Å². The first-order chi connectivity index (χ1) is 8.38. The summed E-state index contributed by atoms with van der Waals surface area (Å²) in [5.41, 5.74) is -0.965. The summed E-state index contributed by atoms with van der Waals surface area (Å²) in [4.78, 5) is 20.7. The van der Waals surface area contributed by atoms with Crippen molar-refractivity contribution in [3.05, 3.63) is 39.4 Å². The molecule has 3 N–H and O–H groups in total. The van der Waals surface area contributed by atoms with Crippen molar-refractivity contribution in [3.8, 4) is 0 Å². The summed E-state index contributed by atoms with van der Waals surface area (Å²) in [5.74, 6) is -1.40. The average molecular weight is 273 g/mol. The zero-order chi connectivity index (χ0) is 13.9. The van der Waals surface area contributed by atoms with E-state index in [9.17, 15) is 25.1 Å². The van der Waals surface area contributed by atoms with Crippen LogP contribution in [0.5, 0.6) is 0 Å². The predicted octanol–water partition coefficient (Wildman–Crippen LogP) is 0.617. The first-order valence-corrected chi connectivity index (χ1v) is 5.50. The Kier molecular flexibility index (Phi) is 4.65. The molecule has 2 atom stereocenters. The molecule has 2 unspecified atom stereocenters. The second kappa shape index (κ2) is 5.80. The fraction of sp³-hybridized carbons (Fsp3) is 0.300. The van der Waals surface area contributed by atoms with Gasteiger partial charge in [0.1, 0.15) is 6.10 Å². The Hall–Kier alpha value is -1.64. The number of carboxylic acid groups (broad SMARTS) is 1. The molecule has 0 aliphatic heterocycles. The van der Waals surface area contributed by atoms with Gasteiger partial charge in [-0.25, -0.2) is 4.79 Å². The summed E-state index contributed by atoms with van der Waals surface area (Å²) in [6, 6.07) is 3.07. The molecule has 8 heteroatoms. The predicted molar refractivity (Wildman–Crippen MR) is 64.9 cm³/mol. The molecule has 1 rings (SSSR count). The van der Waals surface area contributed by atoms with Crippen molar-refractivity contribution in [2.45, 2.75) is 12.2 Å². The third-order valence-corrected chi connectivity index (χ3v) is 2.72. The third kappa shape index (κ3) is 2.97. The topological polar surface area (TPSA) is 121 Å². The van der Waals surface area contributed by atoms with Gasteiger partial charge in [0, 0.05) is 11.8 Å². The van der Waals surface area contributed by atoms with Crippen LogP contribution in [0, 0.1) is 10.1 Å². The number of carbonyl (C=O) groups is 1. The van der Waals surface area contributed by atoms with E-state index in [1.54, 1.807) is 0 Å². The van der Waals surface area contributed by atoms with Crippen LogP contribution in [0.1, 0.15) is 22.0 Å². The van der Waals surface area contributed by atoms with Crippen LogP contribution in [0.15, 0.2) is 18.2 Å². The van der Waals surface area contributed by atoms with Gasteiger partial charge in [0.25, 0.3) is 5.69 Å². The van der Waals surface area contributed by atoms with Gasteiger partial charge in [-0.2, -0.15) is 12.6 Å². The molecule has 0 spiro atoms. The van der Waals surface area contributed by atoms with Crippen molar-refractivity contribution in [1.29, 1.82) is 0 Å². The van der Waals surface area contributed by atoms with Crippen LogP contribution in [-0.2, 0) is 0 Å². The second-order valence-electron chi connectivity index (χ2n) is 3.53. The van der Waals surface area contributed by atoms with E-state index in [2.05, 4.69) is 12.6 Å². The van der Waals surface area contributed by atoms with Crippen molar-refractivity contribution in [2.24, 2.45) is 0 Å². The number of hydrogen-bond donors (Lipinski definition) is 4. The quantitative estimate of drug-likeness (QED) is 0.354. The number of aliphatic hydroxyl groups excluding tert-OH is 2. The van der Waals surface area contributed by atoms with E-state index in [4.69, 9.17) is 5.11 Å². The van der Waals surface area contributed by atoms with Gasteiger partial charge in [0.2, 0.25) is 0 Å². The first-order valence-electron chi connectivity index (χ1n) is 4.87. The molecule has 0 amide bonds. The Morgan fingerprint density at radius 3 is 2.50 bits per heavy atom. The number of hydrogen-bond acceptors (Lipinski definition) is 6. The lowest BCUT2D eigenvalue weighted by Gasteiger charge is -2.16. The Balaban J connectivity index is 3.27. The van der Waals surface area contributed by atoms with E-state index < -0.39 is 28.8 Å². The van der Waals surface area contributed by atoms with E-state index in [1.165, 1.54) is 0 Å².